The molecule has 1 aliphatic rings. The average Bonchev–Trinajstić information content (AvgIpc) is 2.56. The van der Waals surface area contributed by atoms with Gasteiger partial charge in [-0.15, -0.1) is 0 Å². The van der Waals surface area contributed by atoms with E-state index in [0.29, 0.717) is 11.7 Å². The van der Waals surface area contributed by atoms with Crippen LogP contribution in [-0.2, 0) is 9.47 Å². The van der Waals surface area contributed by atoms with Crippen LogP contribution in [0.5, 0.6) is 0 Å². The van der Waals surface area contributed by atoms with Crippen molar-refractivity contribution in [2.45, 2.75) is 13.0 Å². The minimum Gasteiger partial charge on any atom is -0.383 e. The van der Waals surface area contributed by atoms with E-state index in [1.165, 1.54) is 5.69 Å². The number of methoxy groups -OCH3 is 1. The van der Waals surface area contributed by atoms with E-state index >= 15 is 0 Å². The number of ether oxygens (including phenoxy) is 2. The summed E-state index contributed by atoms with van der Waals surface area (Å²) in [5, 5.41) is 7.71. The molecule has 1 atom stereocenters. The molecule has 1 heterocycles. The predicted octanol–water partition coefficient (Wildman–Crippen LogP) is 1.36. The van der Waals surface area contributed by atoms with Crippen LogP contribution in [0.3, 0.4) is 0 Å². The van der Waals surface area contributed by atoms with Crippen LogP contribution >= 0.6 is 12.2 Å². The van der Waals surface area contributed by atoms with Crippen molar-refractivity contribution in [3.05, 3.63) is 29.8 Å². The van der Waals surface area contributed by atoms with Crippen LogP contribution < -0.4 is 15.6 Å². The van der Waals surface area contributed by atoms with Crippen LogP contribution in [0.25, 0.3) is 0 Å². The molecule has 1 aromatic carbocycles. The number of hydrogen-bond donors (Lipinski definition) is 2. The van der Waals surface area contributed by atoms with Gasteiger partial charge in [0.1, 0.15) is 0 Å². The Bertz CT molecular complexity index is 515. The molecule has 2 N–H and O–H groups in total. The first kappa shape index (κ1) is 17.7. The van der Waals surface area contributed by atoms with Crippen LogP contribution in [-0.4, -0.2) is 57.4 Å². The van der Waals surface area contributed by atoms with Gasteiger partial charge in [0.2, 0.25) is 0 Å². The molecule has 1 fully saturated rings. The highest BCUT2D eigenvalue weighted by Crippen LogP contribution is 2.15. The topological polar surface area (TPSA) is 58.1 Å². The number of hydrogen-bond acceptors (Lipinski definition) is 5. The molecular weight excluding hydrogens is 312 g/mol. The fourth-order valence-corrected chi connectivity index (χ4v) is 2.56. The van der Waals surface area contributed by atoms with E-state index in [9.17, 15) is 0 Å². The van der Waals surface area contributed by atoms with Gasteiger partial charge in [0, 0.05) is 31.9 Å². The smallest absolute Gasteiger partial charge is 0.187 e. The van der Waals surface area contributed by atoms with E-state index in [-0.39, 0.29) is 6.04 Å². The monoisotopic (exact) mass is 336 g/mol. The summed E-state index contributed by atoms with van der Waals surface area (Å²) < 4.78 is 10.4. The standard InChI is InChI=1S/C16H24N4O2S/c1-13(12-21-2)18-16(23)19-17-11-14-3-5-15(6-4-14)20-7-9-22-10-8-20/h3-6,11,13H,7-10,12H2,1-2H3,(H2,18,19,23)/b17-11-/t13-/m1/s1. The van der Waals surface area contributed by atoms with Crippen molar-refractivity contribution in [1.29, 1.82) is 0 Å². The first-order valence-electron chi connectivity index (χ1n) is 7.70. The number of benzene rings is 1. The molecule has 0 unspecified atom stereocenters. The Morgan fingerprint density at radius 1 is 1.39 bits per heavy atom. The van der Waals surface area contributed by atoms with E-state index in [4.69, 9.17) is 21.7 Å². The molecule has 23 heavy (non-hydrogen) atoms. The van der Waals surface area contributed by atoms with Crippen molar-refractivity contribution < 1.29 is 9.47 Å². The molecule has 2 rings (SSSR count). The van der Waals surface area contributed by atoms with Crippen molar-refractivity contribution in [3.63, 3.8) is 0 Å². The molecule has 0 radical (unpaired) electrons. The Kier molecular flexibility index (Phi) is 7.25. The van der Waals surface area contributed by atoms with E-state index in [1.54, 1.807) is 13.3 Å². The lowest BCUT2D eigenvalue weighted by Gasteiger charge is -2.28. The van der Waals surface area contributed by atoms with Crippen LogP contribution in [0.4, 0.5) is 5.69 Å². The number of thiocarbonyl (C=S) groups is 1. The number of nitrogens with zero attached hydrogens (tertiary/aromatic N) is 2. The molecule has 0 aliphatic carbocycles. The fourth-order valence-electron chi connectivity index (χ4n) is 2.31. The van der Waals surface area contributed by atoms with Crippen molar-refractivity contribution >= 4 is 29.2 Å². The quantitative estimate of drug-likeness (QED) is 0.465. The van der Waals surface area contributed by atoms with Gasteiger partial charge in [0.15, 0.2) is 5.11 Å². The first-order chi connectivity index (χ1) is 11.2. The lowest BCUT2D eigenvalue weighted by Crippen LogP contribution is -2.40. The summed E-state index contributed by atoms with van der Waals surface area (Å²) in [5.74, 6) is 0. The van der Waals surface area contributed by atoms with Gasteiger partial charge in [-0.2, -0.15) is 5.10 Å². The van der Waals surface area contributed by atoms with Gasteiger partial charge in [-0.1, -0.05) is 12.1 Å². The first-order valence-corrected chi connectivity index (χ1v) is 8.11. The molecule has 7 heteroatoms. The SMILES string of the molecule is COC[C@@H](C)NC(=S)N/N=C\c1ccc(N2CCOCC2)cc1. The van der Waals surface area contributed by atoms with Gasteiger partial charge in [0.25, 0.3) is 0 Å². The average molecular weight is 336 g/mol. The van der Waals surface area contributed by atoms with Crippen LogP contribution in [0.15, 0.2) is 29.4 Å². The zero-order valence-electron chi connectivity index (χ0n) is 13.6. The van der Waals surface area contributed by atoms with E-state index in [0.717, 1.165) is 31.9 Å². The Morgan fingerprint density at radius 2 is 2.09 bits per heavy atom. The van der Waals surface area contributed by atoms with Gasteiger partial charge in [0.05, 0.1) is 26.0 Å². The largest absolute Gasteiger partial charge is 0.383 e. The van der Waals surface area contributed by atoms with E-state index in [1.807, 2.05) is 19.1 Å². The number of morpholine rings is 1. The molecule has 6 nitrogen and oxygen atoms in total. The molecule has 1 aromatic rings. The summed E-state index contributed by atoms with van der Waals surface area (Å²) in [6.45, 7) is 6.04. The highest BCUT2D eigenvalue weighted by Gasteiger charge is 2.10. The van der Waals surface area contributed by atoms with Crippen molar-refractivity contribution in [2.24, 2.45) is 5.10 Å². The number of anilines is 1. The normalized spacial score (nSPS) is 16.3. The zero-order chi connectivity index (χ0) is 16.5. The molecule has 0 saturated carbocycles. The molecule has 1 saturated heterocycles. The number of nitrogens with one attached hydrogen (secondary N) is 2. The number of rotatable bonds is 6. The minimum absolute atomic E-state index is 0.142. The molecule has 0 aromatic heterocycles. The Labute approximate surface area is 142 Å². The van der Waals surface area contributed by atoms with Crippen LogP contribution in [0.2, 0.25) is 0 Å². The second kappa shape index (κ2) is 9.44. The summed E-state index contributed by atoms with van der Waals surface area (Å²) in [7, 11) is 1.66. The summed E-state index contributed by atoms with van der Waals surface area (Å²) in [5.41, 5.74) is 5.03. The van der Waals surface area contributed by atoms with Crippen molar-refractivity contribution in [3.8, 4) is 0 Å². The number of hydrazone groups is 1. The summed E-state index contributed by atoms with van der Waals surface area (Å²) in [6.07, 6.45) is 1.75. The molecule has 126 valence electrons. The van der Waals surface area contributed by atoms with Crippen molar-refractivity contribution in [1.82, 2.24) is 10.7 Å². The molecule has 0 amide bonds. The van der Waals surface area contributed by atoms with Gasteiger partial charge in [-0.3, -0.25) is 5.43 Å². The lowest BCUT2D eigenvalue weighted by atomic mass is 10.2. The van der Waals surface area contributed by atoms with Gasteiger partial charge in [-0.25, -0.2) is 0 Å². The van der Waals surface area contributed by atoms with Crippen molar-refractivity contribution in [2.75, 3.05) is 44.9 Å². The third-order valence-corrected chi connectivity index (χ3v) is 3.65. The second-order valence-corrected chi connectivity index (χ2v) is 5.80. The molecule has 1 aliphatic heterocycles. The summed E-state index contributed by atoms with van der Waals surface area (Å²) in [6, 6.07) is 8.43. The third-order valence-electron chi connectivity index (χ3n) is 3.44. The van der Waals surface area contributed by atoms with Gasteiger partial charge in [-0.05, 0) is 36.8 Å². The maximum atomic E-state index is 5.37. The predicted molar refractivity (Wildman–Crippen MR) is 97.3 cm³/mol. The summed E-state index contributed by atoms with van der Waals surface area (Å²) in [4.78, 5) is 2.32. The maximum absolute atomic E-state index is 5.37. The van der Waals surface area contributed by atoms with E-state index in [2.05, 4.69) is 32.9 Å². The molecule has 0 spiro atoms. The Morgan fingerprint density at radius 3 is 2.74 bits per heavy atom. The van der Waals surface area contributed by atoms with E-state index < -0.39 is 0 Å². The lowest BCUT2D eigenvalue weighted by molar-refractivity contribution is 0.122. The van der Waals surface area contributed by atoms with Gasteiger partial charge >= 0.3 is 0 Å². The Hall–Kier alpha value is -1.70. The fraction of sp³-hybridized carbons (Fsp3) is 0.500. The highest BCUT2D eigenvalue weighted by atomic mass is 32.1. The zero-order valence-corrected chi connectivity index (χ0v) is 14.4. The van der Waals surface area contributed by atoms with Crippen LogP contribution in [0, 0.1) is 0 Å². The molecule has 0 bridgehead atoms. The third kappa shape index (κ3) is 6.13. The highest BCUT2D eigenvalue weighted by molar-refractivity contribution is 7.80. The Balaban J connectivity index is 1.79. The minimum atomic E-state index is 0.142. The second-order valence-electron chi connectivity index (χ2n) is 5.39. The molecular formula is C16H24N4O2S. The maximum Gasteiger partial charge on any atom is 0.187 e. The van der Waals surface area contributed by atoms with Crippen LogP contribution in [0.1, 0.15) is 12.5 Å². The van der Waals surface area contributed by atoms with Gasteiger partial charge < -0.3 is 19.7 Å². The summed E-state index contributed by atoms with van der Waals surface area (Å²) >= 11 is 5.16.